The van der Waals surface area contributed by atoms with E-state index in [1.54, 1.807) is 6.07 Å². The van der Waals surface area contributed by atoms with E-state index in [1.165, 1.54) is 11.8 Å². The Balaban J connectivity index is 1.87. The monoisotopic (exact) mass is 311 g/mol. The second kappa shape index (κ2) is 6.62. The number of nitrogens with two attached hydrogens (primary N) is 1. The van der Waals surface area contributed by atoms with E-state index in [2.05, 4.69) is 20.5 Å². The van der Waals surface area contributed by atoms with Gasteiger partial charge in [0.05, 0.1) is 11.8 Å². The Morgan fingerprint density at radius 1 is 1.55 bits per heavy atom. The van der Waals surface area contributed by atoms with Crippen LogP contribution >= 0.6 is 23.4 Å². The van der Waals surface area contributed by atoms with Gasteiger partial charge in [-0.1, -0.05) is 41.6 Å². The van der Waals surface area contributed by atoms with E-state index in [0.29, 0.717) is 10.2 Å². The van der Waals surface area contributed by atoms with Gasteiger partial charge in [0.25, 0.3) is 0 Å². The number of halogens is 1. The summed E-state index contributed by atoms with van der Waals surface area (Å²) in [4.78, 5) is 15.8. The Kier molecular flexibility index (Phi) is 4.86. The lowest BCUT2D eigenvalue weighted by Crippen LogP contribution is -2.28. The SMILES string of the molecule is C[C@@H](NC(=O)CSc1n[nH]c(N)n1)c1ccccc1Cl. The third kappa shape index (κ3) is 3.88. The number of benzene rings is 1. The lowest BCUT2D eigenvalue weighted by Gasteiger charge is -2.15. The normalized spacial score (nSPS) is 12.1. The number of hydrogen-bond donors (Lipinski definition) is 3. The van der Waals surface area contributed by atoms with E-state index in [4.69, 9.17) is 17.3 Å². The largest absolute Gasteiger partial charge is 0.368 e. The van der Waals surface area contributed by atoms with Crippen molar-refractivity contribution in [2.75, 3.05) is 11.5 Å². The van der Waals surface area contributed by atoms with Crippen molar-refractivity contribution < 1.29 is 4.79 Å². The summed E-state index contributed by atoms with van der Waals surface area (Å²) >= 11 is 7.30. The van der Waals surface area contributed by atoms with Crippen molar-refractivity contribution in [1.82, 2.24) is 20.5 Å². The van der Waals surface area contributed by atoms with Gasteiger partial charge < -0.3 is 11.1 Å². The summed E-state index contributed by atoms with van der Waals surface area (Å²) in [6.07, 6.45) is 0. The van der Waals surface area contributed by atoms with E-state index in [1.807, 2.05) is 25.1 Å². The summed E-state index contributed by atoms with van der Waals surface area (Å²) in [5, 5.41) is 10.3. The highest BCUT2D eigenvalue weighted by molar-refractivity contribution is 7.99. The number of anilines is 1. The van der Waals surface area contributed by atoms with Gasteiger partial charge in [-0.05, 0) is 18.6 Å². The van der Waals surface area contributed by atoms with Crippen LogP contribution in [0.2, 0.25) is 5.02 Å². The quantitative estimate of drug-likeness (QED) is 0.734. The minimum Gasteiger partial charge on any atom is -0.368 e. The predicted molar refractivity (Wildman–Crippen MR) is 79.5 cm³/mol. The van der Waals surface area contributed by atoms with Crippen LogP contribution in [0.3, 0.4) is 0 Å². The third-order valence-corrected chi connectivity index (χ3v) is 3.76. The van der Waals surface area contributed by atoms with Gasteiger partial charge in [-0.15, -0.1) is 5.10 Å². The first-order valence-electron chi connectivity index (χ1n) is 5.90. The molecule has 0 saturated carbocycles. The molecule has 0 aliphatic heterocycles. The number of nitrogens with one attached hydrogen (secondary N) is 2. The minimum atomic E-state index is -0.158. The van der Waals surface area contributed by atoms with E-state index >= 15 is 0 Å². The van der Waals surface area contributed by atoms with Crippen molar-refractivity contribution in [3.63, 3.8) is 0 Å². The highest BCUT2D eigenvalue weighted by Gasteiger charge is 2.13. The van der Waals surface area contributed by atoms with Crippen molar-refractivity contribution >= 4 is 35.2 Å². The molecule has 0 fully saturated rings. The van der Waals surface area contributed by atoms with Gasteiger partial charge in [0, 0.05) is 5.02 Å². The van der Waals surface area contributed by atoms with Crippen LogP contribution in [-0.2, 0) is 4.79 Å². The summed E-state index contributed by atoms with van der Waals surface area (Å²) in [5.74, 6) is 0.328. The number of H-pyrrole nitrogens is 1. The van der Waals surface area contributed by atoms with Crippen LogP contribution in [0.15, 0.2) is 29.4 Å². The number of carbonyl (C=O) groups excluding carboxylic acids is 1. The molecule has 4 N–H and O–H groups in total. The lowest BCUT2D eigenvalue weighted by molar-refractivity contribution is -0.119. The fraction of sp³-hybridized carbons (Fsp3) is 0.250. The van der Waals surface area contributed by atoms with Crippen LogP contribution in [0.4, 0.5) is 5.95 Å². The highest BCUT2D eigenvalue weighted by Crippen LogP contribution is 2.22. The molecule has 0 unspecified atom stereocenters. The summed E-state index contributed by atoms with van der Waals surface area (Å²) in [5.41, 5.74) is 6.28. The van der Waals surface area contributed by atoms with Crippen LogP contribution in [0.25, 0.3) is 0 Å². The van der Waals surface area contributed by atoms with Crippen LogP contribution in [0.1, 0.15) is 18.5 Å². The molecule has 8 heteroatoms. The van der Waals surface area contributed by atoms with Crippen LogP contribution < -0.4 is 11.1 Å². The van der Waals surface area contributed by atoms with Crippen LogP contribution in [0, 0.1) is 0 Å². The molecule has 0 saturated heterocycles. The lowest BCUT2D eigenvalue weighted by atomic mass is 10.1. The Labute approximate surface area is 125 Å². The Bertz CT molecular complexity index is 603. The molecule has 1 aromatic heterocycles. The third-order valence-electron chi connectivity index (χ3n) is 2.56. The topological polar surface area (TPSA) is 96.7 Å². The molecule has 2 aromatic rings. The zero-order valence-corrected chi connectivity index (χ0v) is 12.3. The van der Waals surface area contributed by atoms with Crippen molar-refractivity contribution in [3.8, 4) is 0 Å². The number of aromatic nitrogens is 3. The van der Waals surface area contributed by atoms with Gasteiger partial charge in [0.1, 0.15) is 0 Å². The van der Waals surface area contributed by atoms with Gasteiger partial charge in [0.2, 0.25) is 17.0 Å². The maximum absolute atomic E-state index is 11.8. The maximum Gasteiger partial charge on any atom is 0.230 e. The summed E-state index contributed by atoms with van der Waals surface area (Å²) in [7, 11) is 0. The van der Waals surface area contributed by atoms with Gasteiger partial charge in [-0.2, -0.15) is 4.98 Å². The number of carbonyl (C=O) groups is 1. The number of hydrogen-bond acceptors (Lipinski definition) is 5. The first kappa shape index (κ1) is 14.7. The molecule has 1 heterocycles. The molecule has 106 valence electrons. The fourth-order valence-corrected chi connectivity index (χ4v) is 2.56. The molecule has 0 bridgehead atoms. The zero-order chi connectivity index (χ0) is 14.5. The number of aromatic amines is 1. The predicted octanol–water partition coefficient (Wildman–Crippen LogP) is 2.01. The molecule has 0 spiro atoms. The van der Waals surface area contributed by atoms with Crippen molar-refractivity contribution in [2.45, 2.75) is 18.1 Å². The molecule has 0 aliphatic rings. The molecule has 0 radical (unpaired) electrons. The molecule has 1 amide bonds. The second-order valence-corrected chi connectivity index (χ2v) is 5.45. The Morgan fingerprint density at radius 2 is 2.30 bits per heavy atom. The molecule has 6 nitrogen and oxygen atoms in total. The van der Waals surface area contributed by atoms with E-state index in [0.717, 1.165) is 5.56 Å². The molecular weight excluding hydrogens is 298 g/mol. The molecule has 0 aliphatic carbocycles. The van der Waals surface area contributed by atoms with Crippen LogP contribution in [-0.4, -0.2) is 26.8 Å². The minimum absolute atomic E-state index is 0.120. The van der Waals surface area contributed by atoms with Gasteiger partial charge in [0.15, 0.2) is 0 Å². The van der Waals surface area contributed by atoms with E-state index in [9.17, 15) is 4.79 Å². The highest BCUT2D eigenvalue weighted by atomic mass is 35.5. The smallest absolute Gasteiger partial charge is 0.230 e. The number of nitrogen functional groups attached to an aromatic ring is 1. The molecule has 1 atom stereocenters. The fourth-order valence-electron chi connectivity index (χ4n) is 1.64. The number of nitrogens with zero attached hydrogens (tertiary/aromatic N) is 2. The number of amides is 1. The van der Waals surface area contributed by atoms with Gasteiger partial charge >= 0.3 is 0 Å². The Hall–Kier alpha value is -1.73. The Morgan fingerprint density at radius 3 is 2.95 bits per heavy atom. The second-order valence-electron chi connectivity index (χ2n) is 4.10. The van der Waals surface area contributed by atoms with Crippen molar-refractivity contribution in [3.05, 3.63) is 34.9 Å². The first-order chi connectivity index (χ1) is 9.56. The molecule has 2 rings (SSSR count). The zero-order valence-electron chi connectivity index (χ0n) is 10.8. The van der Waals surface area contributed by atoms with Gasteiger partial charge in [-0.25, -0.2) is 5.10 Å². The number of thioether (sulfide) groups is 1. The summed E-state index contributed by atoms with van der Waals surface area (Å²) in [6.45, 7) is 1.88. The number of rotatable bonds is 5. The standard InChI is InChI=1S/C12H14ClN5OS/c1-7(8-4-2-3-5-9(8)13)15-10(19)6-20-12-16-11(14)17-18-12/h2-5,7H,6H2,1H3,(H,15,19)(H3,14,16,17,18)/t7-/m1/s1. The molecular formula is C12H14ClN5OS. The molecule has 1 aromatic carbocycles. The van der Waals surface area contributed by atoms with E-state index in [-0.39, 0.29) is 23.7 Å². The average molecular weight is 312 g/mol. The summed E-state index contributed by atoms with van der Waals surface area (Å²) in [6, 6.07) is 7.26. The van der Waals surface area contributed by atoms with Crippen molar-refractivity contribution in [2.24, 2.45) is 0 Å². The van der Waals surface area contributed by atoms with E-state index < -0.39 is 0 Å². The first-order valence-corrected chi connectivity index (χ1v) is 7.27. The maximum atomic E-state index is 11.8. The van der Waals surface area contributed by atoms with Crippen molar-refractivity contribution in [1.29, 1.82) is 0 Å². The van der Waals surface area contributed by atoms with Gasteiger partial charge in [-0.3, -0.25) is 4.79 Å². The van der Waals surface area contributed by atoms with Crippen LogP contribution in [0.5, 0.6) is 0 Å². The molecule has 20 heavy (non-hydrogen) atoms. The average Bonchev–Trinajstić information content (AvgIpc) is 2.82. The summed E-state index contributed by atoms with van der Waals surface area (Å²) < 4.78 is 0.